The number of para-hydroxylation sites is 2. The number of fused-ring (bicyclic) bond motifs is 2. The van der Waals surface area contributed by atoms with Crippen LogP contribution < -0.4 is 10.2 Å². The van der Waals surface area contributed by atoms with Gasteiger partial charge in [0.05, 0.1) is 5.69 Å². The summed E-state index contributed by atoms with van der Waals surface area (Å²) in [4.78, 5) is 6.79. The van der Waals surface area contributed by atoms with Gasteiger partial charge in [-0.25, -0.2) is 0 Å². The zero-order chi connectivity index (χ0) is 17.6. The van der Waals surface area contributed by atoms with E-state index in [1.807, 2.05) is 18.3 Å². The van der Waals surface area contributed by atoms with Crippen LogP contribution >= 0.6 is 0 Å². The molecule has 4 rings (SSSR count). The second-order valence-corrected chi connectivity index (χ2v) is 6.45. The molecule has 1 aliphatic rings. The van der Waals surface area contributed by atoms with Crippen molar-refractivity contribution in [1.29, 1.82) is 0 Å². The van der Waals surface area contributed by atoms with Crippen molar-refractivity contribution in [3.63, 3.8) is 0 Å². The average molecular weight is 341 g/mol. The van der Waals surface area contributed by atoms with E-state index in [2.05, 4.69) is 82.0 Å². The van der Waals surface area contributed by atoms with Gasteiger partial charge in [-0.15, -0.1) is 0 Å². The summed E-state index contributed by atoms with van der Waals surface area (Å²) in [5.41, 5.74) is 6.18. The number of rotatable bonds is 6. The molecule has 1 aliphatic heterocycles. The molecule has 0 fully saturated rings. The van der Waals surface area contributed by atoms with E-state index in [4.69, 9.17) is 0 Å². The quantitative estimate of drug-likeness (QED) is 0.648. The molecule has 1 N–H and O–H groups in total. The summed E-state index contributed by atoms with van der Waals surface area (Å²) in [6.07, 6.45) is 7.34. The number of benzene rings is 2. The lowest BCUT2D eigenvalue weighted by atomic mass is 10.1. The highest BCUT2D eigenvalue weighted by atomic mass is 15.1. The Morgan fingerprint density at radius 2 is 1.42 bits per heavy atom. The molecule has 0 saturated heterocycles. The molecule has 3 heteroatoms. The topological polar surface area (TPSA) is 28.2 Å². The summed E-state index contributed by atoms with van der Waals surface area (Å²) >= 11 is 0. The van der Waals surface area contributed by atoms with Gasteiger partial charge in [-0.3, -0.25) is 4.98 Å². The van der Waals surface area contributed by atoms with E-state index in [1.54, 1.807) is 0 Å². The molecule has 0 atom stereocenters. The molecule has 0 unspecified atom stereocenters. The second-order valence-electron chi connectivity index (χ2n) is 6.45. The maximum atomic E-state index is 4.36. The lowest BCUT2D eigenvalue weighted by molar-refractivity contribution is 0.642. The monoisotopic (exact) mass is 341 g/mol. The van der Waals surface area contributed by atoms with Crippen molar-refractivity contribution in [2.75, 3.05) is 18.0 Å². The van der Waals surface area contributed by atoms with Gasteiger partial charge in [0.15, 0.2) is 0 Å². The van der Waals surface area contributed by atoms with E-state index >= 15 is 0 Å². The summed E-state index contributed by atoms with van der Waals surface area (Å²) in [6, 6.07) is 23.3. The Morgan fingerprint density at radius 3 is 2.08 bits per heavy atom. The van der Waals surface area contributed by atoms with Gasteiger partial charge < -0.3 is 10.2 Å². The number of hydrogen-bond donors (Lipinski definition) is 1. The molecule has 3 aromatic rings. The number of aromatic nitrogens is 1. The first-order valence-corrected chi connectivity index (χ1v) is 9.16. The van der Waals surface area contributed by atoms with Gasteiger partial charge in [0.2, 0.25) is 0 Å². The van der Waals surface area contributed by atoms with Crippen molar-refractivity contribution >= 4 is 23.5 Å². The SMILES string of the molecule is C1=Cc2ccccc2N(CCCNCc2ccccn2)c2ccccc21. The first-order chi connectivity index (χ1) is 12.9. The van der Waals surface area contributed by atoms with Crippen molar-refractivity contribution in [2.24, 2.45) is 0 Å². The minimum Gasteiger partial charge on any atom is -0.340 e. The summed E-state index contributed by atoms with van der Waals surface area (Å²) in [5.74, 6) is 0. The van der Waals surface area contributed by atoms with Gasteiger partial charge >= 0.3 is 0 Å². The van der Waals surface area contributed by atoms with Crippen LogP contribution in [0.2, 0.25) is 0 Å². The van der Waals surface area contributed by atoms with Crippen molar-refractivity contribution in [3.8, 4) is 0 Å². The van der Waals surface area contributed by atoms with Crippen LogP contribution in [0.4, 0.5) is 11.4 Å². The molecular weight excluding hydrogens is 318 g/mol. The Balaban J connectivity index is 1.45. The molecule has 2 heterocycles. The fraction of sp³-hybridized carbons (Fsp3) is 0.174. The van der Waals surface area contributed by atoms with Crippen LogP contribution in [0.15, 0.2) is 72.9 Å². The van der Waals surface area contributed by atoms with E-state index < -0.39 is 0 Å². The standard InChI is InChI=1S/C23H23N3/c1-3-11-22-19(8-1)13-14-20-9-2-4-12-23(20)26(22)17-7-15-24-18-21-10-5-6-16-25-21/h1-6,8-14,16,24H,7,15,17-18H2. The highest BCUT2D eigenvalue weighted by molar-refractivity contribution is 5.88. The number of nitrogens with one attached hydrogen (secondary N) is 1. The van der Waals surface area contributed by atoms with E-state index in [9.17, 15) is 0 Å². The molecule has 0 aliphatic carbocycles. The average Bonchev–Trinajstić information content (AvgIpc) is 2.86. The highest BCUT2D eigenvalue weighted by Gasteiger charge is 2.16. The highest BCUT2D eigenvalue weighted by Crippen LogP contribution is 2.35. The fourth-order valence-electron chi connectivity index (χ4n) is 3.38. The molecule has 2 aromatic carbocycles. The predicted molar refractivity (Wildman–Crippen MR) is 109 cm³/mol. The molecular formula is C23H23N3. The van der Waals surface area contributed by atoms with Gasteiger partial charge in [0, 0.05) is 30.7 Å². The van der Waals surface area contributed by atoms with Gasteiger partial charge in [0.1, 0.15) is 0 Å². The Morgan fingerprint density at radius 1 is 0.769 bits per heavy atom. The number of nitrogens with zero attached hydrogens (tertiary/aromatic N) is 2. The van der Waals surface area contributed by atoms with Gasteiger partial charge in [-0.1, -0.05) is 54.6 Å². The zero-order valence-corrected chi connectivity index (χ0v) is 14.8. The van der Waals surface area contributed by atoms with Crippen molar-refractivity contribution in [3.05, 3.63) is 89.7 Å². The number of pyridine rings is 1. The molecule has 0 radical (unpaired) electrons. The molecule has 0 amide bonds. The van der Waals surface area contributed by atoms with Crippen molar-refractivity contribution in [2.45, 2.75) is 13.0 Å². The lowest BCUT2D eigenvalue weighted by Crippen LogP contribution is -2.24. The minimum absolute atomic E-state index is 0.815. The molecule has 0 bridgehead atoms. The predicted octanol–water partition coefficient (Wildman–Crippen LogP) is 4.88. The van der Waals surface area contributed by atoms with Crippen LogP contribution in [-0.4, -0.2) is 18.1 Å². The summed E-state index contributed by atoms with van der Waals surface area (Å²) in [6.45, 7) is 2.76. The first kappa shape index (κ1) is 16.6. The van der Waals surface area contributed by atoms with E-state index in [0.717, 1.165) is 31.7 Å². The minimum atomic E-state index is 0.815. The number of hydrogen-bond acceptors (Lipinski definition) is 3. The van der Waals surface area contributed by atoms with Gasteiger partial charge in [-0.2, -0.15) is 0 Å². The largest absolute Gasteiger partial charge is 0.340 e. The van der Waals surface area contributed by atoms with E-state index in [1.165, 1.54) is 22.5 Å². The zero-order valence-electron chi connectivity index (χ0n) is 14.8. The van der Waals surface area contributed by atoms with Crippen LogP contribution in [0.5, 0.6) is 0 Å². The molecule has 26 heavy (non-hydrogen) atoms. The Hall–Kier alpha value is -2.91. The van der Waals surface area contributed by atoms with Crippen LogP contribution in [0.1, 0.15) is 23.2 Å². The van der Waals surface area contributed by atoms with Crippen LogP contribution in [0, 0.1) is 0 Å². The molecule has 130 valence electrons. The maximum absolute atomic E-state index is 4.36. The summed E-state index contributed by atoms with van der Waals surface area (Å²) in [7, 11) is 0. The van der Waals surface area contributed by atoms with Gasteiger partial charge in [0.25, 0.3) is 0 Å². The summed E-state index contributed by atoms with van der Waals surface area (Å²) in [5, 5.41) is 3.50. The molecule has 1 aromatic heterocycles. The smallest absolute Gasteiger partial charge is 0.0541 e. The molecule has 0 spiro atoms. The summed E-state index contributed by atoms with van der Waals surface area (Å²) < 4.78 is 0. The molecule has 3 nitrogen and oxygen atoms in total. The Kier molecular flexibility index (Phi) is 5.08. The van der Waals surface area contributed by atoms with Crippen molar-refractivity contribution in [1.82, 2.24) is 10.3 Å². The lowest BCUT2D eigenvalue weighted by Gasteiger charge is -2.27. The first-order valence-electron chi connectivity index (χ1n) is 9.16. The fourth-order valence-corrected chi connectivity index (χ4v) is 3.38. The van der Waals surface area contributed by atoms with Crippen LogP contribution in [0.25, 0.3) is 12.2 Å². The third-order valence-corrected chi connectivity index (χ3v) is 4.67. The number of anilines is 2. The van der Waals surface area contributed by atoms with E-state index in [0.29, 0.717) is 0 Å². The van der Waals surface area contributed by atoms with Crippen LogP contribution in [0.3, 0.4) is 0 Å². The second kappa shape index (κ2) is 7.98. The van der Waals surface area contributed by atoms with Crippen molar-refractivity contribution < 1.29 is 0 Å². The Bertz CT molecular complexity index is 837. The maximum Gasteiger partial charge on any atom is 0.0541 e. The van der Waals surface area contributed by atoms with Gasteiger partial charge in [-0.05, 0) is 48.4 Å². The normalized spacial score (nSPS) is 12.4. The third kappa shape index (κ3) is 3.68. The Labute approximate surface area is 155 Å². The van der Waals surface area contributed by atoms with E-state index in [-0.39, 0.29) is 0 Å². The third-order valence-electron chi connectivity index (χ3n) is 4.67. The van der Waals surface area contributed by atoms with Crippen LogP contribution in [-0.2, 0) is 6.54 Å². The molecule has 0 saturated carbocycles.